The van der Waals surface area contributed by atoms with Crippen LogP contribution in [-0.4, -0.2) is 76.6 Å². The van der Waals surface area contributed by atoms with E-state index >= 15 is 0 Å². The first-order valence-electron chi connectivity index (χ1n) is 10.1. The molecule has 2 aromatic rings. The number of hydrogen-bond acceptors (Lipinski definition) is 9. The Morgan fingerprint density at radius 2 is 2.33 bits per heavy atom. The summed E-state index contributed by atoms with van der Waals surface area (Å²) < 4.78 is 36.7. The van der Waals surface area contributed by atoms with Crippen molar-refractivity contribution in [2.24, 2.45) is 4.99 Å². The molecular formula is C19H21F2N7O4S. The molecule has 4 heterocycles. The van der Waals surface area contributed by atoms with Crippen molar-refractivity contribution in [3.63, 3.8) is 0 Å². The first-order valence-corrected chi connectivity index (χ1v) is 11.0. The summed E-state index contributed by atoms with van der Waals surface area (Å²) in [5, 5.41) is 12.1. The van der Waals surface area contributed by atoms with Crippen LogP contribution in [0, 0.1) is 0 Å². The van der Waals surface area contributed by atoms with E-state index in [9.17, 15) is 18.4 Å². The number of alkyl carbamates (subject to hydrolysis) is 1. The van der Waals surface area contributed by atoms with Gasteiger partial charge in [-0.05, 0) is 13.0 Å². The monoisotopic (exact) mass is 481 g/mol. The van der Waals surface area contributed by atoms with Crippen molar-refractivity contribution in [3.05, 3.63) is 40.2 Å². The number of thiazole rings is 1. The lowest BCUT2D eigenvalue weighted by Gasteiger charge is -2.24. The van der Waals surface area contributed by atoms with Crippen molar-refractivity contribution < 1.29 is 27.8 Å². The van der Waals surface area contributed by atoms with Crippen LogP contribution in [0.5, 0.6) is 0 Å². The number of hydrogen-bond donors (Lipinski definition) is 2. The molecule has 0 bridgehead atoms. The molecule has 1 saturated heterocycles. The number of amides is 2. The molecule has 1 fully saturated rings. The van der Waals surface area contributed by atoms with E-state index in [0.29, 0.717) is 32.5 Å². The number of nitrogens with one attached hydrogen (secondary N) is 2. The van der Waals surface area contributed by atoms with E-state index in [2.05, 4.69) is 25.7 Å². The quantitative estimate of drug-likeness (QED) is 0.592. The molecule has 1 unspecified atom stereocenters. The lowest BCUT2D eigenvalue weighted by molar-refractivity contribution is 0.0564. The number of ether oxygens (including phenoxy) is 2. The third-order valence-corrected chi connectivity index (χ3v) is 5.61. The minimum atomic E-state index is -2.77. The van der Waals surface area contributed by atoms with Gasteiger partial charge in [0, 0.05) is 29.0 Å². The maximum Gasteiger partial charge on any atom is 0.410 e. The fourth-order valence-electron chi connectivity index (χ4n) is 3.33. The first kappa shape index (κ1) is 22.6. The minimum absolute atomic E-state index is 0.102. The predicted octanol–water partition coefficient (Wildman–Crippen LogP) is 2.06. The zero-order chi connectivity index (χ0) is 23.4. The molecule has 1 atom stereocenters. The Morgan fingerprint density at radius 1 is 1.48 bits per heavy atom. The summed E-state index contributed by atoms with van der Waals surface area (Å²) in [4.78, 5) is 34.1. The first-order chi connectivity index (χ1) is 15.9. The maximum atomic E-state index is 13.0. The highest BCUT2D eigenvalue weighted by Gasteiger charge is 2.33. The molecule has 2 aliphatic heterocycles. The minimum Gasteiger partial charge on any atom is -0.450 e. The van der Waals surface area contributed by atoms with Crippen LogP contribution in [0.3, 0.4) is 0 Å². The number of nitrogens with zero attached hydrogens (tertiary/aromatic N) is 5. The highest BCUT2D eigenvalue weighted by atomic mass is 32.1. The van der Waals surface area contributed by atoms with Crippen molar-refractivity contribution >= 4 is 34.9 Å². The summed E-state index contributed by atoms with van der Waals surface area (Å²) in [7, 11) is 0. The SMILES string of the molecule is CCOC(=O)NCC1CN(CC2=C(c3ccn(C(F)F)n3)CN=C(c3nccs3)N2)C(=O)O1. The van der Waals surface area contributed by atoms with Gasteiger partial charge in [-0.3, -0.25) is 9.89 Å². The summed E-state index contributed by atoms with van der Waals surface area (Å²) >= 11 is 1.39. The molecule has 14 heteroatoms. The molecule has 0 aromatic carbocycles. The summed E-state index contributed by atoms with van der Waals surface area (Å²) in [6, 6.07) is 1.47. The van der Waals surface area contributed by atoms with Gasteiger partial charge in [0.2, 0.25) is 0 Å². The Kier molecular flexibility index (Phi) is 6.82. The van der Waals surface area contributed by atoms with Crippen molar-refractivity contribution in [3.8, 4) is 0 Å². The van der Waals surface area contributed by atoms with Crippen LogP contribution in [0.15, 0.2) is 34.5 Å². The van der Waals surface area contributed by atoms with Crippen molar-refractivity contribution in [1.29, 1.82) is 0 Å². The van der Waals surface area contributed by atoms with E-state index in [-0.39, 0.29) is 32.8 Å². The highest BCUT2D eigenvalue weighted by Crippen LogP contribution is 2.24. The molecule has 0 radical (unpaired) electrons. The van der Waals surface area contributed by atoms with Gasteiger partial charge in [-0.1, -0.05) is 0 Å². The van der Waals surface area contributed by atoms with Gasteiger partial charge in [0.25, 0.3) is 0 Å². The van der Waals surface area contributed by atoms with Crippen molar-refractivity contribution in [1.82, 2.24) is 30.3 Å². The number of amidine groups is 1. The van der Waals surface area contributed by atoms with E-state index in [4.69, 9.17) is 9.47 Å². The number of alkyl halides is 2. The van der Waals surface area contributed by atoms with Crippen LogP contribution in [-0.2, 0) is 9.47 Å². The molecule has 0 spiro atoms. The number of cyclic esters (lactones) is 1. The van der Waals surface area contributed by atoms with Gasteiger partial charge in [0.1, 0.15) is 6.10 Å². The topological polar surface area (TPSA) is 123 Å². The second-order valence-corrected chi connectivity index (χ2v) is 7.93. The fourth-order valence-corrected chi connectivity index (χ4v) is 3.93. The smallest absolute Gasteiger partial charge is 0.410 e. The lowest BCUT2D eigenvalue weighted by atomic mass is 10.1. The number of rotatable bonds is 8. The number of halogens is 2. The molecule has 2 amide bonds. The van der Waals surface area contributed by atoms with E-state index in [1.807, 2.05) is 5.38 Å². The van der Waals surface area contributed by atoms with Gasteiger partial charge in [0.05, 0.1) is 38.5 Å². The van der Waals surface area contributed by atoms with Crippen molar-refractivity contribution in [2.75, 3.05) is 32.8 Å². The normalized spacial score (nSPS) is 18.3. The van der Waals surface area contributed by atoms with Crippen LogP contribution >= 0.6 is 11.3 Å². The third-order valence-electron chi connectivity index (χ3n) is 4.83. The average Bonchev–Trinajstić information content (AvgIpc) is 3.55. The number of carbonyl (C=O) groups is 2. The second kappa shape index (κ2) is 9.94. The van der Waals surface area contributed by atoms with E-state index in [1.54, 1.807) is 13.1 Å². The Balaban J connectivity index is 1.51. The van der Waals surface area contributed by atoms with Crippen molar-refractivity contribution in [2.45, 2.75) is 19.6 Å². The number of carbonyl (C=O) groups excluding carboxylic acids is 2. The Labute approximate surface area is 191 Å². The molecule has 0 saturated carbocycles. The maximum absolute atomic E-state index is 13.0. The van der Waals surface area contributed by atoms with Gasteiger partial charge in [-0.2, -0.15) is 13.9 Å². The van der Waals surface area contributed by atoms with Gasteiger partial charge in [-0.25, -0.2) is 19.3 Å². The van der Waals surface area contributed by atoms with Gasteiger partial charge in [0.15, 0.2) is 10.8 Å². The van der Waals surface area contributed by atoms with Gasteiger partial charge < -0.3 is 20.1 Å². The molecule has 11 nitrogen and oxygen atoms in total. The summed E-state index contributed by atoms with van der Waals surface area (Å²) in [6.07, 6.45) is 1.12. The summed E-state index contributed by atoms with van der Waals surface area (Å²) in [6.45, 7) is -0.244. The van der Waals surface area contributed by atoms with E-state index in [1.165, 1.54) is 28.5 Å². The van der Waals surface area contributed by atoms with Crippen LogP contribution in [0.2, 0.25) is 0 Å². The van der Waals surface area contributed by atoms with E-state index in [0.717, 1.165) is 0 Å². The largest absolute Gasteiger partial charge is 0.450 e. The van der Waals surface area contributed by atoms with E-state index < -0.39 is 24.8 Å². The van der Waals surface area contributed by atoms with Crippen LogP contribution < -0.4 is 10.6 Å². The zero-order valence-electron chi connectivity index (χ0n) is 17.5. The average molecular weight is 481 g/mol. The number of aromatic nitrogens is 3. The molecule has 2 N–H and O–H groups in total. The van der Waals surface area contributed by atoms with Gasteiger partial charge in [-0.15, -0.1) is 11.3 Å². The summed E-state index contributed by atoms with van der Waals surface area (Å²) in [5.41, 5.74) is 1.48. The zero-order valence-corrected chi connectivity index (χ0v) is 18.3. The third kappa shape index (κ3) is 5.27. The van der Waals surface area contributed by atoms with Crippen LogP contribution in [0.1, 0.15) is 24.2 Å². The molecule has 4 rings (SSSR count). The molecule has 2 aliphatic rings. The highest BCUT2D eigenvalue weighted by molar-refractivity contribution is 7.11. The lowest BCUT2D eigenvalue weighted by Crippen LogP contribution is -2.38. The molecule has 33 heavy (non-hydrogen) atoms. The Morgan fingerprint density at radius 3 is 3.03 bits per heavy atom. The second-order valence-electron chi connectivity index (χ2n) is 7.03. The molecule has 0 aliphatic carbocycles. The molecular weight excluding hydrogens is 460 g/mol. The Hall–Kier alpha value is -3.55. The standard InChI is InChI=1S/C19H21F2N7O4S/c1-2-31-18(29)24-7-11-9-27(19(30)32-11)10-14-12(13-3-5-28(26-13)17(20)21)8-23-15(25-14)16-22-4-6-33-16/h3-6,11,17H,2,7-10H2,1H3,(H,23,25)(H,24,29). The molecule has 176 valence electrons. The Bertz CT molecular complexity index is 1070. The van der Waals surface area contributed by atoms with Gasteiger partial charge >= 0.3 is 18.7 Å². The summed E-state index contributed by atoms with van der Waals surface area (Å²) in [5.74, 6) is 0.519. The molecule has 2 aromatic heterocycles. The van der Waals surface area contributed by atoms with Crippen LogP contribution in [0.4, 0.5) is 18.4 Å². The fraction of sp³-hybridized carbons (Fsp3) is 0.421. The predicted molar refractivity (Wildman–Crippen MR) is 114 cm³/mol. The number of aliphatic imine (C=N–C) groups is 1. The van der Waals surface area contributed by atoms with Crippen LogP contribution in [0.25, 0.3) is 5.57 Å².